The van der Waals surface area contributed by atoms with Crippen molar-refractivity contribution in [2.24, 2.45) is 11.7 Å². The van der Waals surface area contributed by atoms with E-state index in [0.29, 0.717) is 12.0 Å². The second-order valence-corrected chi connectivity index (χ2v) is 4.02. The molecule has 0 spiro atoms. The lowest BCUT2D eigenvalue weighted by Gasteiger charge is -2.19. The van der Waals surface area contributed by atoms with E-state index in [4.69, 9.17) is 10.5 Å². The highest BCUT2D eigenvalue weighted by Crippen LogP contribution is 2.39. The minimum atomic E-state index is 0.120. The summed E-state index contributed by atoms with van der Waals surface area (Å²) in [5.74, 6) is 0.518. The molecule has 0 aromatic carbocycles. The molecule has 2 N–H and O–H groups in total. The minimum absolute atomic E-state index is 0.120. The van der Waals surface area contributed by atoms with Crippen LogP contribution in [0.25, 0.3) is 0 Å². The summed E-state index contributed by atoms with van der Waals surface area (Å²) >= 11 is 0. The van der Waals surface area contributed by atoms with Gasteiger partial charge >= 0.3 is 0 Å². The summed E-state index contributed by atoms with van der Waals surface area (Å²) in [5, 5.41) is 0. The maximum atomic E-state index is 6.00. The van der Waals surface area contributed by atoms with Crippen molar-refractivity contribution in [3.05, 3.63) is 0 Å². The summed E-state index contributed by atoms with van der Waals surface area (Å²) in [6.07, 6.45) is 2.69. The number of hydrogen-bond donors (Lipinski definition) is 1. The van der Waals surface area contributed by atoms with E-state index in [1.807, 2.05) is 0 Å². The first-order valence-electron chi connectivity index (χ1n) is 4.45. The molecule has 0 aromatic heterocycles. The van der Waals surface area contributed by atoms with Crippen molar-refractivity contribution < 1.29 is 4.74 Å². The van der Waals surface area contributed by atoms with Gasteiger partial charge in [0.05, 0.1) is 12.7 Å². The summed E-state index contributed by atoms with van der Waals surface area (Å²) in [6.45, 7) is 7.11. The Morgan fingerprint density at radius 1 is 1.36 bits per heavy atom. The van der Waals surface area contributed by atoms with E-state index in [2.05, 4.69) is 20.8 Å². The fourth-order valence-electron chi connectivity index (χ4n) is 1.14. The van der Waals surface area contributed by atoms with Crippen LogP contribution in [0, 0.1) is 5.92 Å². The van der Waals surface area contributed by atoms with Gasteiger partial charge in [-0.2, -0.15) is 0 Å². The van der Waals surface area contributed by atoms with Crippen molar-refractivity contribution >= 4 is 0 Å². The molecule has 0 radical (unpaired) electrons. The first kappa shape index (κ1) is 9.01. The van der Waals surface area contributed by atoms with Crippen molar-refractivity contribution in [2.45, 2.75) is 45.3 Å². The fraction of sp³-hybridized carbons (Fsp3) is 1.00. The van der Waals surface area contributed by atoms with Crippen LogP contribution < -0.4 is 5.73 Å². The third-order valence-corrected chi connectivity index (χ3v) is 2.49. The third-order valence-electron chi connectivity index (χ3n) is 2.49. The average Bonchev–Trinajstić information content (AvgIpc) is 2.64. The van der Waals surface area contributed by atoms with Crippen molar-refractivity contribution in [1.82, 2.24) is 0 Å². The van der Waals surface area contributed by atoms with Gasteiger partial charge in [-0.3, -0.25) is 0 Å². The Morgan fingerprint density at radius 3 is 2.27 bits per heavy atom. The molecular formula is C9H19NO. The maximum absolute atomic E-state index is 6.00. The van der Waals surface area contributed by atoms with Crippen LogP contribution in [-0.2, 0) is 4.74 Å². The van der Waals surface area contributed by atoms with Gasteiger partial charge in [-0.05, 0) is 32.6 Å². The molecule has 2 heteroatoms. The molecule has 2 nitrogen and oxygen atoms in total. The first-order valence-corrected chi connectivity index (χ1v) is 4.45. The standard InChI is InChI=1S/C9H19NO/c1-7(2)11-6-8(3)9(10)4-5-9/h7-8H,4-6,10H2,1-3H3. The fourth-order valence-corrected chi connectivity index (χ4v) is 1.14. The molecule has 0 amide bonds. The zero-order chi connectivity index (χ0) is 8.48. The highest BCUT2D eigenvalue weighted by Gasteiger charge is 2.43. The zero-order valence-corrected chi connectivity index (χ0v) is 7.76. The van der Waals surface area contributed by atoms with E-state index in [-0.39, 0.29) is 5.54 Å². The Bertz CT molecular complexity index is 130. The molecule has 1 atom stereocenters. The van der Waals surface area contributed by atoms with Crippen molar-refractivity contribution in [3.63, 3.8) is 0 Å². The van der Waals surface area contributed by atoms with Gasteiger partial charge in [-0.15, -0.1) is 0 Å². The number of nitrogens with two attached hydrogens (primary N) is 1. The summed E-state index contributed by atoms with van der Waals surface area (Å²) in [4.78, 5) is 0. The number of hydrogen-bond acceptors (Lipinski definition) is 2. The van der Waals surface area contributed by atoms with Gasteiger partial charge in [-0.25, -0.2) is 0 Å². The zero-order valence-electron chi connectivity index (χ0n) is 7.76. The smallest absolute Gasteiger partial charge is 0.0519 e. The van der Waals surface area contributed by atoms with Crippen LogP contribution in [0.5, 0.6) is 0 Å². The molecule has 1 rings (SSSR count). The van der Waals surface area contributed by atoms with Gasteiger partial charge in [0.1, 0.15) is 0 Å². The van der Waals surface area contributed by atoms with Crippen molar-refractivity contribution in [2.75, 3.05) is 6.61 Å². The molecule has 0 aliphatic heterocycles. The normalized spacial score (nSPS) is 23.7. The second kappa shape index (κ2) is 3.11. The van der Waals surface area contributed by atoms with E-state index in [9.17, 15) is 0 Å². The maximum Gasteiger partial charge on any atom is 0.0519 e. The molecular weight excluding hydrogens is 138 g/mol. The van der Waals surface area contributed by atoms with Crippen LogP contribution in [-0.4, -0.2) is 18.2 Å². The van der Waals surface area contributed by atoms with Crippen LogP contribution in [0.3, 0.4) is 0 Å². The second-order valence-electron chi connectivity index (χ2n) is 4.02. The molecule has 0 saturated heterocycles. The highest BCUT2D eigenvalue weighted by atomic mass is 16.5. The molecule has 66 valence electrons. The SMILES string of the molecule is CC(C)OCC(C)C1(N)CC1. The van der Waals surface area contributed by atoms with E-state index in [1.54, 1.807) is 0 Å². The Hall–Kier alpha value is -0.0800. The molecule has 0 heterocycles. The van der Waals surface area contributed by atoms with E-state index in [1.165, 1.54) is 12.8 Å². The van der Waals surface area contributed by atoms with E-state index < -0.39 is 0 Å². The van der Waals surface area contributed by atoms with E-state index >= 15 is 0 Å². The lowest BCUT2D eigenvalue weighted by Crippen LogP contribution is -2.34. The molecule has 0 aromatic rings. The summed E-state index contributed by atoms with van der Waals surface area (Å²) < 4.78 is 5.49. The van der Waals surface area contributed by atoms with Crippen molar-refractivity contribution in [1.29, 1.82) is 0 Å². The number of ether oxygens (including phenoxy) is 1. The van der Waals surface area contributed by atoms with Crippen molar-refractivity contribution in [3.8, 4) is 0 Å². The van der Waals surface area contributed by atoms with Crippen LogP contribution in [0.4, 0.5) is 0 Å². The predicted octanol–water partition coefficient (Wildman–Crippen LogP) is 1.54. The molecule has 11 heavy (non-hydrogen) atoms. The molecule has 1 saturated carbocycles. The summed E-state index contributed by atoms with van der Waals surface area (Å²) in [7, 11) is 0. The minimum Gasteiger partial charge on any atom is -0.378 e. The topological polar surface area (TPSA) is 35.2 Å². The average molecular weight is 157 g/mol. The lowest BCUT2D eigenvalue weighted by atomic mass is 10.0. The lowest BCUT2D eigenvalue weighted by molar-refractivity contribution is 0.0467. The van der Waals surface area contributed by atoms with E-state index in [0.717, 1.165) is 6.61 Å². The van der Waals surface area contributed by atoms with Gasteiger partial charge in [0, 0.05) is 5.54 Å². The van der Waals surface area contributed by atoms with Crippen LogP contribution >= 0.6 is 0 Å². The predicted molar refractivity (Wildman–Crippen MR) is 46.4 cm³/mol. The largest absolute Gasteiger partial charge is 0.378 e. The van der Waals surface area contributed by atoms with Gasteiger partial charge in [0.25, 0.3) is 0 Å². The Labute approximate surface area is 69.1 Å². The molecule has 0 bridgehead atoms. The molecule has 1 aliphatic carbocycles. The molecule has 1 unspecified atom stereocenters. The number of rotatable bonds is 4. The Morgan fingerprint density at radius 2 is 1.91 bits per heavy atom. The monoisotopic (exact) mass is 157 g/mol. The van der Waals surface area contributed by atoms with Crippen LogP contribution in [0.2, 0.25) is 0 Å². The van der Waals surface area contributed by atoms with Crippen LogP contribution in [0.1, 0.15) is 33.6 Å². The quantitative estimate of drug-likeness (QED) is 0.672. The highest BCUT2D eigenvalue weighted by molar-refractivity contribution is 5.02. The molecule has 1 aliphatic rings. The Kier molecular flexibility index (Phi) is 2.55. The third kappa shape index (κ3) is 2.46. The van der Waals surface area contributed by atoms with Gasteiger partial charge in [0.15, 0.2) is 0 Å². The summed E-state index contributed by atoms with van der Waals surface area (Å²) in [5.41, 5.74) is 6.12. The van der Waals surface area contributed by atoms with Gasteiger partial charge in [0.2, 0.25) is 0 Å². The van der Waals surface area contributed by atoms with Gasteiger partial charge in [-0.1, -0.05) is 6.92 Å². The Balaban J connectivity index is 2.16. The van der Waals surface area contributed by atoms with Gasteiger partial charge < -0.3 is 10.5 Å². The molecule has 1 fully saturated rings. The summed E-state index contributed by atoms with van der Waals surface area (Å²) in [6, 6.07) is 0. The van der Waals surface area contributed by atoms with Crippen LogP contribution in [0.15, 0.2) is 0 Å². The first-order chi connectivity index (χ1) is 5.04.